The normalized spacial score (nSPS) is 9.85. The summed E-state index contributed by atoms with van der Waals surface area (Å²) in [5.41, 5.74) is -0.336. The van der Waals surface area contributed by atoms with Gasteiger partial charge in [-0.2, -0.15) is 0 Å². The van der Waals surface area contributed by atoms with Gasteiger partial charge < -0.3 is 4.74 Å². The van der Waals surface area contributed by atoms with Gasteiger partial charge in [0.25, 0.3) is 5.24 Å². The van der Waals surface area contributed by atoms with E-state index in [1.54, 1.807) is 0 Å². The lowest BCUT2D eigenvalue weighted by Gasteiger charge is -2.05. The zero-order valence-electron chi connectivity index (χ0n) is 6.61. The first kappa shape index (κ1) is 10.3. The van der Waals surface area contributed by atoms with E-state index in [0.29, 0.717) is 0 Å². The average molecular weight is 223 g/mol. The summed E-state index contributed by atoms with van der Waals surface area (Å²) in [4.78, 5) is 10.8. The molecule has 0 aliphatic heterocycles. The van der Waals surface area contributed by atoms with Crippen LogP contribution in [0.3, 0.4) is 0 Å². The molecule has 2 nitrogen and oxygen atoms in total. The van der Waals surface area contributed by atoms with Crippen molar-refractivity contribution in [3.63, 3.8) is 0 Å². The Morgan fingerprint density at radius 3 is 2.62 bits per heavy atom. The van der Waals surface area contributed by atoms with Crippen LogP contribution >= 0.6 is 23.2 Å². The molecule has 0 unspecified atom stereocenters. The molecule has 0 amide bonds. The predicted octanol–water partition coefficient (Wildman–Crippen LogP) is 2.87. The van der Waals surface area contributed by atoms with Crippen molar-refractivity contribution in [2.75, 3.05) is 7.11 Å². The van der Waals surface area contributed by atoms with E-state index < -0.39 is 11.1 Å². The molecule has 0 saturated carbocycles. The van der Waals surface area contributed by atoms with Crippen LogP contribution in [0.2, 0.25) is 5.02 Å². The van der Waals surface area contributed by atoms with Crippen LogP contribution < -0.4 is 4.74 Å². The summed E-state index contributed by atoms with van der Waals surface area (Å²) in [6.07, 6.45) is 0. The van der Waals surface area contributed by atoms with E-state index in [-0.39, 0.29) is 16.3 Å². The molecular formula is C8H5Cl2FO2. The highest BCUT2D eigenvalue weighted by molar-refractivity contribution is 6.68. The number of hydrogen-bond donors (Lipinski definition) is 0. The van der Waals surface area contributed by atoms with Crippen LogP contribution in [0.4, 0.5) is 4.39 Å². The predicted molar refractivity (Wildman–Crippen MR) is 48.1 cm³/mol. The number of carbonyl (C=O) groups is 1. The van der Waals surface area contributed by atoms with E-state index in [1.165, 1.54) is 19.2 Å². The van der Waals surface area contributed by atoms with E-state index in [2.05, 4.69) is 0 Å². The van der Waals surface area contributed by atoms with Crippen molar-refractivity contribution in [3.8, 4) is 5.75 Å². The molecule has 1 aromatic carbocycles. The standard InChI is InChI=1S/C8H5Cl2FO2/c1-13-5-3-2-4(9)7(11)6(5)8(10)12/h2-3H,1H3. The molecule has 0 saturated heterocycles. The summed E-state index contributed by atoms with van der Waals surface area (Å²) in [5.74, 6) is -0.789. The van der Waals surface area contributed by atoms with Gasteiger partial charge in [-0.3, -0.25) is 4.79 Å². The summed E-state index contributed by atoms with van der Waals surface area (Å²) in [5, 5.41) is -1.10. The van der Waals surface area contributed by atoms with Crippen LogP contribution in [0.25, 0.3) is 0 Å². The van der Waals surface area contributed by atoms with E-state index >= 15 is 0 Å². The molecule has 70 valence electrons. The monoisotopic (exact) mass is 222 g/mol. The topological polar surface area (TPSA) is 26.3 Å². The number of carbonyl (C=O) groups excluding carboxylic acids is 1. The minimum Gasteiger partial charge on any atom is -0.496 e. The summed E-state index contributed by atoms with van der Waals surface area (Å²) >= 11 is 10.6. The number of benzene rings is 1. The summed E-state index contributed by atoms with van der Waals surface area (Å²) in [6.45, 7) is 0. The number of rotatable bonds is 2. The van der Waals surface area contributed by atoms with Crippen LogP contribution in [0.1, 0.15) is 10.4 Å². The molecule has 0 heterocycles. The van der Waals surface area contributed by atoms with Gasteiger partial charge in [0.15, 0.2) is 5.82 Å². The SMILES string of the molecule is COc1ccc(Cl)c(F)c1C(=O)Cl. The third-order valence-corrected chi connectivity index (χ3v) is 1.95. The molecule has 0 spiro atoms. The van der Waals surface area contributed by atoms with Crippen molar-refractivity contribution < 1.29 is 13.9 Å². The van der Waals surface area contributed by atoms with Gasteiger partial charge in [-0.25, -0.2) is 4.39 Å². The van der Waals surface area contributed by atoms with Crippen molar-refractivity contribution in [1.29, 1.82) is 0 Å². The molecule has 0 aromatic heterocycles. The molecule has 0 aliphatic rings. The van der Waals surface area contributed by atoms with Gasteiger partial charge in [0.1, 0.15) is 11.3 Å². The van der Waals surface area contributed by atoms with Crippen molar-refractivity contribution in [1.82, 2.24) is 0 Å². The highest BCUT2D eigenvalue weighted by atomic mass is 35.5. The maximum absolute atomic E-state index is 13.2. The van der Waals surface area contributed by atoms with Gasteiger partial charge in [-0.15, -0.1) is 0 Å². The molecule has 0 radical (unpaired) electrons. The quantitative estimate of drug-likeness (QED) is 0.720. The number of ether oxygens (including phenoxy) is 1. The van der Waals surface area contributed by atoms with Crippen LogP contribution in [0, 0.1) is 5.82 Å². The lowest BCUT2D eigenvalue weighted by molar-refractivity contribution is 0.107. The van der Waals surface area contributed by atoms with Gasteiger partial charge in [-0.05, 0) is 23.7 Å². The summed E-state index contributed by atoms with van der Waals surface area (Å²) < 4.78 is 17.9. The smallest absolute Gasteiger partial charge is 0.259 e. The largest absolute Gasteiger partial charge is 0.496 e. The fourth-order valence-electron chi connectivity index (χ4n) is 0.886. The molecule has 1 aromatic rings. The van der Waals surface area contributed by atoms with E-state index in [4.69, 9.17) is 27.9 Å². The Morgan fingerprint density at radius 1 is 1.54 bits per heavy atom. The van der Waals surface area contributed by atoms with Gasteiger partial charge in [0.2, 0.25) is 0 Å². The van der Waals surface area contributed by atoms with E-state index in [9.17, 15) is 9.18 Å². The molecule has 0 aliphatic carbocycles. The second kappa shape index (κ2) is 3.94. The zero-order chi connectivity index (χ0) is 10.0. The second-order valence-corrected chi connectivity index (χ2v) is 2.96. The zero-order valence-corrected chi connectivity index (χ0v) is 8.12. The molecule has 0 fully saturated rings. The van der Waals surface area contributed by atoms with Crippen molar-refractivity contribution in [2.24, 2.45) is 0 Å². The number of halogens is 3. The minimum atomic E-state index is -0.933. The van der Waals surface area contributed by atoms with Gasteiger partial charge in [0.05, 0.1) is 12.1 Å². The van der Waals surface area contributed by atoms with E-state index in [0.717, 1.165) is 0 Å². The minimum absolute atomic E-state index is 0.0712. The van der Waals surface area contributed by atoms with Crippen LogP contribution in [-0.2, 0) is 0 Å². The number of methoxy groups -OCH3 is 1. The molecule has 0 atom stereocenters. The Hall–Kier alpha value is -0.800. The maximum Gasteiger partial charge on any atom is 0.259 e. The average Bonchev–Trinajstić information content (AvgIpc) is 2.08. The maximum atomic E-state index is 13.2. The first-order valence-electron chi connectivity index (χ1n) is 3.29. The Labute approximate surface area is 84.2 Å². The molecule has 0 bridgehead atoms. The van der Waals surface area contributed by atoms with Crippen LogP contribution in [-0.4, -0.2) is 12.4 Å². The van der Waals surface area contributed by atoms with Crippen molar-refractivity contribution in [2.45, 2.75) is 0 Å². The molecule has 13 heavy (non-hydrogen) atoms. The number of hydrogen-bond acceptors (Lipinski definition) is 2. The highest BCUT2D eigenvalue weighted by Gasteiger charge is 2.18. The first-order valence-corrected chi connectivity index (χ1v) is 4.05. The van der Waals surface area contributed by atoms with E-state index in [1.807, 2.05) is 0 Å². The first-order chi connectivity index (χ1) is 6.07. The fraction of sp³-hybridized carbons (Fsp3) is 0.125. The summed E-state index contributed by atoms with van der Waals surface area (Å²) in [6, 6.07) is 2.67. The lowest BCUT2D eigenvalue weighted by Crippen LogP contribution is -1.99. The Bertz CT molecular complexity index is 352. The highest BCUT2D eigenvalue weighted by Crippen LogP contribution is 2.28. The van der Waals surface area contributed by atoms with Gasteiger partial charge >= 0.3 is 0 Å². The molecule has 1 rings (SSSR count). The Morgan fingerprint density at radius 2 is 2.15 bits per heavy atom. The van der Waals surface area contributed by atoms with Gasteiger partial charge in [0, 0.05) is 0 Å². The van der Waals surface area contributed by atoms with Crippen LogP contribution in [0.15, 0.2) is 12.1 Å². The third kappa shape index (κ3) is 1.92. The molecule has 0 N–H and O–H groups in total. The second-order valence-electron chi connectivity index (χ2n) is 2.21. The van der Waals surface area contributed by atoms with Crippen molar-refractivity contribution in [3.05, 3.63) is 28.5 Å². The fourth-order valence-corrected chi connectivity index (χ4v) is 1.22. The van der Waals surface area contributed by atoms with Crippen molar-refractivity contribution >= 4 is 28.4 Å². The Balaban J connectivity index is 3.41. The summed E-state index contributed by atoms with van der Waals surface area (Å²) in [7, 11) is 1.31. The molecule has 5 heteroatoms. The van der Waals surface area contributed by atoms with Crippen LogP contribution in [0.5, 0.6) is 5.75 Å². The third-order valence-electron chi connectivity index (χ3n) is 1.47. The lowest BCUT2D eigenvalue weighted by atomic mass is 10.2. The molecular weight excluding hydrogens is 218 g/mol. The van der Waals surface area contributed by atoms with Gasteiger partial charge in [-0.1, -0.05) is 11.6 Å². The Kier molecular flexibility index (Phi) is 3.12.